The average Bonchev–Trinajstić information content (AvgIpc) is 2.38. The molecule has 0 aliphatic carbocycles. The van der Waals surface area contributed by atoms with Gasteiger partial charge in [0.2, 0.25) is 0 Å². The molecule has 2 atom stereocenters. The molecule has 1 aliphatic heterocycles. The van der Waals surface area contributed by atoms with Gasteiger partial charge in [-0.3, -0.25) is 4.79 Å². The fourth-order valence-corrected chi connectivity index (χ4v) is 2.30. The molecule has 1 aliphatic rings. The van der Waals surface area contributed by atoms with E-state index in [4.69, 9.17) is 4.74 Å². The molecule has 2 rings (SSSR count). The molecule has 0 saturated heterocycles. The molecule has 1 aromatic rings. The van der Waals surface area contributed by atoms with E-state index in [-0.39, 0.29) is 5.92 Å². The van der Waals surface area contributed by atoms with E-state index in [1.54, 1.807) is 0 Å². The summed E-state index contributed by atoms with van der Waals surface area (Å²) < 4.78 is 5.50. The van der Waals surface area contributed by atoms with E-state index in [0.29, 0.717) is 6.61 Å². The first kappa shape index (κ1) is 12.7. The van der Waals surface area contributed by atoms with E-state index in [0.717, 1.165) is 30.0 Å². The zero-order valence-electron chi connectivity index (χ0n) is 10.8. The summed E-state index contributed by atoms with van der Waals surface area (Å²) in [6, 6.07) is 5.62. The van der Waals surface area contributed by atoms with E-state index >= 15 is 0 Å². The van der Waals surface area contributed by atoms with Gasteiger partial charge in [0.25, 0.3) is 0 Å². The lowest BCUT2D eigenvalue weighted by Crippen LogP contribution is -2.21. The summed E-state index contributed by atoms with van der Waals surface area (Å²) in [4.78, 5) is 11.4. The maximum atomic E-state index is 11.4. The second kappa shape index (κ2) is 5.29. The zero-order chi connectivity index (χ0) is 13.1. The Morgan fingerprint density at radius 2 is 2.33 bits per heavy atom. The van der Waals surface area contributed by atoms with Crippen LogP contribution in [-0.4, -0.2) is 24.2 Å². The van der Waals surface area contributed by atoms with Gasteiger partial charge < -0.3 is 15.2 Å². The molecule has 4 heteroatoms. The highest BCUT2D eigenvalue weighted by Gasteiger charge is 2.26. The Balaban J connectivity index is 2.33. The Hall–Kier alpha value is -1.71. The first-order valence-corrected chi connectivity index (χ1v) is 6.37. The van der Waals surface area contributed by atoms with E-state index in [2.05, 4.69) is 5.32 Å². The molecule has 0 fully saturated rings. The summed E-state index contributed by atoms with van der Waals surface area (Å²) in [5.41, 5.74) is 1.74. The van der Waals surface area contributed by atoms with Crippen LogP contribution in [0.4, 0.5) is 5.69 Å². The molecule has 1 heterocycles. The molecule has 0 bridgehead atoms. The minimum absolute atomic E-state index is 0.116. The molecule has 0 spiro atoms. The highest BCUT2D eigenvalue weighted by Crippen LogP contribution is 2.34. The van der Waals surface area contributed by atoms with Crippen molar-refractivity contribution < 1.29 is 14.6 Å². The van der Waals surface area contributed by atoms with Gasteiger partial charge in [-0.05, 0) is 23.6 Å². The van der Waals surface area contributed by atoms with Crippen molar-refractivity contribution in [3.05, 3.63) is 23.8 Å². The topological polar surface area (TPSA) is 58.6 Å². The lowest BCUT2D eigenvalue weighted by Gasteiger charge is -2.23. The third kappa shape index (κ3) is 2.42. The number of nitrogens with one attached hydrogen (secondary N) is 1. The van der Waals surface area contributed by atoms with Crippen LogP contribution in [-0.2, 0) is 4.79 Å². The molecule has 4 nitrogen and oxygen atoms in total. The monoisotopic (exact) mass is 249 g/mol. The number of carboxylic acids is 1. The van der Waals surface area contributed by atoms with Crippen LogP contribution in [0.15, 0.2) is 18.2 Å². The molecule has 0 aromatic heterocycles. The standard InChI is InChI=1S/C14H19NO3/c1-3-9(2)13(14(16)17)10-4-5-12-11(8-10)15-6-7-18-12/h4-5,8-9,13,15H,3,6-7H2,1-2H3,(H,16,17). The summed E-state index contributed by atoms with van der Waals surface area (Å²) in [5, 5.41) is 12.6. The predicted molar refractivity (Wildman–Crippen MR) is 70.3 cm³/mol. The molecule has 2 N–H and O–H groups in total. The maximum absolute atomic E-state index is 11.4. The van der Waals surface area contributed by atoms with Crippen molar-refractivity contribution in [2.45, 2.75) is 26.2 Å². The van der Waals surface area contributed by atoms with E-state index < -0.39 is 11.9 Å². The number of anilines is 1. The molecule has 2 unspecified atom stereocenters. The molecule has 0 saturated carbocycles. The third-order valence-corrected chi connectivity index (χ3v) is 3.52. The van der Waals surface area contributed by atoms with Crippen molar-refractivity contribution in [3.8, 4) is 5.75 Å². The Labute approximate surface area is 107 Å². The maximum Gasteiger partial charge on any atom is 0.311 e. The van der Waals surface area contributed by atoms with Crippen LogP contribution >= 0.6 is 0 Å². The fourth-order valence-electron chi connectivity index (χ4n) is 2.30. The molecular weight excluding hydrogens is 230 g/mol. The van der Waals surface area contributed by atoms with Crippen LogP contribution in [0.3, 0.4) is 0 Å². The minimum Gasteiger partial charge on any atom is -0.490 e. The highest BCUT2D eigenvalue weighted by atomic mass is 16.5. The number of fused-ring (bicyclic) bond motifs is 1. The number of hydrogen-bond acceptors (Lipinski definition) is 3. The Bertz CT molecular complexity index is 445. The number of aliphatic carboxylic acids is 1. The first-order valence-electron chi connectivity index (χ1n) is 6.37. The van der Waals surface area contributed by atoms with Gasteiger partial charge >= 0.3 is 5.97 Å². The predicted octanol–water partition coefficient (Wildman–Crippen LogP) is 2.71. The van der Waals surface area contributed by atoms with Crippen LogP contribution < -0.4 is 10.1 Å². The van der Waals surface area contributed by atoms with Gasteiger partial charge in [-0.2, -0.15) is 0 Å². The first-order chi connectivity index (χ1) is 8.63. The summed E-state index contributed by atoms with van der Waals surface area (Å²) >= 11 is 0. The third-order valence-electron chi connectivity index (χ3n) is 3.52. The Kier molecular flexibility index (Phi) is 3.75. The molecule has 98 valence electrons. The lowest BCUT2D eigenvalue weighted by atomic mass is 9.85. The quantitative estimate of drug-likeness (QED) is 0.861. The summed E-state index contributed by atoms with van der Waals surface area (Å²) in [5.74, 6) is -0.298. The van der Waals surface area contributed by atoms with Crippen molar-refractivity contribution in [2.24, 2.45) is 5.92 Å². The van der Waals surface area contributed by atoms with Crippen LogP contribution in [0, 0.1) is 5.92 Å². The summed E-state index contributed by atoms with van der Waals surface area (Å²) in [6.45, 7) is 5.40. The molecular formula is C14H19NO3. The second-order valence-corrected chi connectivity index (χ2v) is 4.73. The Morgan fingerprint density at radius 1 is 1.56 bits per heavy atom. The number of ether oxygens (including phenoxy) is 1. The van der Waals surface area contributed by atoms with Crippen molar-refractivity contribution in [3.63, 3.8) is 0 Å². The van der Waals surface area contributed by atoms with Crippen molar-refractivity contribution in [1.29, 1.82) is 0 Å². The van der Waals surface area contributed by atoms with Crippen LogP contribution in [0.5, 0.6) is 5.75 Å². The summed E-state index contributed by atoms with van der Waals surface area (Å²) in [6.07, 6.45) is 0.845. The molecule has 0 amide bonds. The number of carbonyl (C=O) groups is 1. The number of rotatable bonds is 4. The van der Waals surface area contributed by atoms with Gasteiger partial charge in [-0.15, -0.1) is 0 Å². The molecule has 18 heavy (non-hydrogen) atoms. The lowest BCUT2D eigenvalue weighted by molar-refractivity contribution is -0.140. The average molecular weight is 249 g/mol. The van der Waals surface area contributed by atoms with Gasteiger partial charge in [-0.1, -0.05) is 26.3 Å². The van der Waals surface area contributed by atoms with Gasteiger partial charge in [0.1, 0.15) is 12.4 Å². The zero-order valence-corrected chi connectivity index (χ0v) is 10.8. The Morgan fingerprint density at radius 3 is 3.00 bits per heavy atom. The van der Waals surface area contributed by atoms with Crippen LogP contribution in [0.25, 0.3) is 0 Å². The van der Waals surface area contributed by atoms with Gasteiger partial charge in [0.15, 0.2) is 0 Å². The van der Waals surface area contributed by atoms with Crippen molar-refractivity contribution >= 4 is 11.7 Å². The van der Waals surface area contributed by atoms with E-state index in [9.17, 15) is 9.90 Å². The van der Waals surface area contributed by atoms with Crippen LogP contribution in [0.2, 0.25) is 0 Å². The van der Waals surface area contributed by atoms with E-state index in [1.807, 2.05) is 32.0 Å². The smallest absolute Gasteiger partial charge is 0.311 e. The molecule has 0 radical (unpaired) electrons. The van der Waals surface area contributed by atoms with Gasteiger partial charge in [0, 0.05) is 6.54 Å². The summed E-state index contributed by atoms with van der Waals surface area (Å²) in [7, 11) is 0. The minimum atomic E-state index is -0.763. The molecule has 1 aromatic carbocycles. The van der Waals surface area contributed by atoms with Crippen molar-refractivity contribution in [2.75, 3.05) is 18.5 Å². The van der Waals surface area contributed by atoms with E-state index in [1.165, 1.54) is 0 Å². The van der Waals surface area contributed by atoms with Crippen molar-refractivity contribution in [1.82, 2.24) is 0 Å². The number of hydrogen-bond donors (Lipinski definition) is 2. The number of benzene rings is 1. The van der Waals surface area contributed by atoms with Gasteiger partial charge in [-0.25, -0.2) is 0 Å². The number of carboxylic acid groups (broad SMARTS) is 1. The largest absolute Gasteiger partial charge is 0.490 e. The normalized spacial score (nSPS) is 17.0. The second-order valence-electron chi connectivity index (χ2n) is 4.73. The highest BCUT2D eigenvalue weighted by molar-refractivity contribution is 5.77. The van der Waals surface area contributed by atoms with Gasteiger partial charge in [0.05, 0.1) is 11.6 Å². The fraction of sp³-hybridized carbons (Fsp3) is 0.500. The van der Waals surface area contributed by atoms with Crippen LogP contribution in [0.1, 0.15) is 31.7 Å². The SMILES string of the molecule is CCC(C)C(C(=O)O)c1ccc2c(c1)NCCO2.